The molecule has 4 rings (SSSR count). The predicted octanol–water partition coefficient (Wildman–Crippen LogP) is 5.13. The van der Waals surface area contributed by atoms with E-state index in [1.807, 2.05) is 27.7 Å². The molecule has 4 atom stereocenters. The second-order valence-electron chi connectivity index (χ2n) is 19.1. The Morgan fingerprint density at radius 3 is 1.20 bits per heavy atom. The van der Waals surface area contributed by atoms with Crippen LogP contribution in [0.5, 0.6) is 0 Å². The Morgan fingerprint density at radius 2 is 0.770 bits per heavy atom. The number of hydrogen-bond donors (Lipinski definition) is 2. The molecule has 0 aromatic rings. The second-order valence-corrected chi connectivity index (χ2v) is 19.1. The van der Waals surface area contributed by atoms with E-state index in [9.17, 15) is 0 Å². The highest BCUT2D eigenvalue weighted by atomic mass is 16.5. The van der Waals surface area contributed by atoms with Crippen LogP contribution in [0.4, 0.5) is 0 Å². The van der Waals surface area contributed by atoms with Gasteiger partial charge in [0.25, 0.3) is 0 Å². The zero-order chi connectivity index (χ0) is 45.9. The fourth-order valence-corrected chi connectivity index (χ4v) is 7.41. The molecule has 0 spiro atoms. The zero-order valence-corrected chi connectivity index (χ0v) is 42.2. The lowest BCUT2D eigenvalue weighted by atomic mass is 10.0. The summed E-state index contributed by atoms with van der Waals surface area (Å²) in [5.41, 5.74) is 12.2. The molecule has 4 aliphatic rings. The molecular formula is C47H100N6O8. The molecule has 4 heterocycles. The van der Waals surface area contributed by atoms with Crippen LogP contribution in [0.3, 0.4) is 0 Å². The summed E-state index contributed by atoms with van der Waals surface area (Å²) in [5, 5.41) is 0. The van der Waals surface area contributed by atoms with Crippen LogP contribution in [0.15, 0.2) is 0 Å². The fourth-order valence-electron chi connectivity index (χ4n) is 7.41. The van der Waals surface area contributed by atoms with Gasteiger partial charge in [0, 0.05) is 95.7 Å². The molecule has 0 aromatic carbocycles. The molecule has 0 amide bonds. The summed E-state index contributed by atoms with van der Waals surface area (Å²) in [7, 11) is 1.70. The summed E-state index contributed by atoms with van der Waals surface area (Å²) in [5.74, 6) is 0. The topological polar surface area (TPSA) is 139 Å². The Morgan fingerprint density at radius 1 is 0.393 bits per heavy atom. The van der Waals surface area contributed by atoms with Gasteiger partial charge in [-0.1, -0.05) is 0 Å². The van der Waals surface area contributed by atoms with E-state index < -0.39 is 0 Å². The van der Waals surface area contributed by atoms with Crippen LogP contribution in [-0.2, 0) is 37.9 Å². The molecule has 14 heteroatoms. The highest BCUT2D eigenvalue weighted by Gasteiger charge is 2.32. The summed E-state index contributed by atoms with van der Waals surface area (Å²) >= 11 is 0. The molecule has 0 bridgehead atoms. The van der Waals surface area contributed by atoms with Crippen LogP contribution in [0.25, 0.3) is 0 Å². The Bertz CT molecular complexity index is 1010. The highest BCUT2D eigenvalue weighted by Crippen LogP contribution is 2.18. The lowest BCUT2D eigenvalue weighted by Crippen LogP contribution is -2.55. The Labute approximate surface area is 375 Å². The van der Waals surface area contributed by atoms with Crippen molar-refractivity contribution < 1.29 is 37.9 Å². The average molecular weight is 877 g/mol. The number of ether oxygens (including phenoxy) is 8. The van der Waals surface area contributed by atoms with Gasteiger partial charge in [0.2, 0.25) is 0 Å². The fraction of sp³-hybridized carbons (Fsp3) is 1.00. The second kappa shape index (κ2) is 33.9. The quantitative estimate of drug-likeness (QED) is 0.131. The lowest BCUT2D eigenvalue weighted by Gasteiger charge is -2.41. The molecule has 0 aliphatic carbocycles. The molecule has 14 nitrogen and oxygen atoms in total. The van der Waals surface area contributed by atoms with Gasteiger partial charge < -0.3 is 54.3 Å². The normalized spacial score (nSPS) is 23.8. The van der Waals surface area contributed by atoms with Crippen molar-refractivity contribution in [3.05, 3.63) is 0 Å². The number of piperidine rings is 2. The van der Waals surface area contributed by atoms with Gasteiger partial charge >= 0.3 is 0 Å². The van der Waals surface area contributed by atoms with Gasteiger partial charge in [0.15, 0.2) is 0 Å². The van der Waals surface area contributed by atoms with Crippen LogP contribution in [0, 0.1) is 0 Å². The molecule has 4 saturated heterocycles. The molecule has 366 valence electrons. The molecule has 4 N–H and O–H groups in total. The standard InChI is InChI=1S/C13H28N2O2.C13H27NO2.C12H26N2O2.C9H19NO2/c1-10(2)15-6-5-13(12(14)9-15)17-8-7-16-11(3)4;1-11(2)14-7-5-13(6-8-14)16-10-9-15-12(3)4;1-9(2)14-7-11(13)12(8-14)16-6-5-15-10(3)4;1-8(2)10-6-9(7-10)12-5-4-11-3/h10-13H,5-9,14H2,1-4H3;11-13H,5-10H2,1-4H3;9-12H,5-8,13H2,1-4H3;8-9H,4-7H2,1-3H3. The first-order chi connectivity index (χ1) is 28.8. The van der Waals surface area contributed by atoms with Crippen molar-refractivity contribution in [1.29, 1.82) is 0 Å². The number of rotatable bonds is 23. The van der Waals surface area contributed by atoms with Crippen molar-refractivity contribution in [2.24, 2.45) is 11.5 Å². The number of nitrogens with two attached hydrogens (primary N) is 2. The summed E-state index contributed by atoms with van der Waals surface area (Å²) < 4.78 is 44.1. The summed E-state index contributed by atoms with van der Waals surface area (Å²) in [6.07, 6.45) is 5.47. The van der Waals surface area contributed by atoms with Gasteiger partial charge in [-0.3, -0.25) is 14.7 Å². The molecule has 0 aromatic heterocycles. The van der Waals surface area contributed by atoms with Crippen molar-refractivity contribution in [3.8, 4) is 0 Å². The van der Waals surface area contributed by atoms with Crippen LogP contribution in [0.2, 0.25) is 0 Å². The molecule has 4 aliphatic heterocycles. The summed E-state index contributed by atoms with van der Waals surface area (Å²) in [6.45, 7) is 43.9. The summed E-state index contributed by atoms with van der Waals surface area (Å²) in [4.78, 5) is 9.69. The monoisotopic (exact) mass is 877 g/mol. The molecule has 4 fully saturated rings. The maximum absolute atomic E-state index is 6.14. The van der Waals surface area contributed by atoms with Gasteiger partial charge in [0.05, 0.1) is 95.6 Å². The molecule has 0 radical (unpaired) electrons. The van der Waals surface area contributed by atoms with E-state index in [2.05, 4.69) is 88.8 Å². The molecule has 61 heavy (non-hydrogen) atoms. The van der Waals surface area contributed by atoms with Crippen molar-refractivity contribution in [1.82, 2.24) is 19.6 Å². The maximum atomic E-state index is 6.14. The van der Waals surface area contributed by atoms with Gasteiger partial charge in [-0.25, -0.2) is 0 Å². The van der Waals surface area contributed by atoms with Gasteiger partial charge in [0.1, 0.15) is 0 Å². The average Bonchev–Trinajstić information content (AvgIpc) is 3.56. The van der Waals surface area contributed by atoms with Gasteiger partial charge in [-0.15, -0.1) is 0 Å². The smallest absolute Gasteiger partial charge is 0.0866 e. The zero-order valence-electron chi connectivity index (χ0n) is 42.2. The molecule has 4 unspecified atom stereocenters. The van der Waals surface area contributed by atoms with E-state index in [1.54, 1.807) is 7.11 Å². The minimum atomic E-state index is 0.130. The van der Waals surface area contributed by atoms with E-state index in [4.69, 9.17) is 49.4 Å². The van der Waals surface area contributed by atoms with Crippen molar-refractivity contribution >= 4 is 0 Å². The Hall–Kier alpha value is -0.560. The highest BCUT2D eigenvalue weighted by molar-refractivity contribution is 4.89. The maximum Gasteiger partial charge on any atom is 0.0866 e. The first kappa shape index (κ1) is 58.5. The van der Waals surface area contributed by atoms with Crippen LogP contribution in [-0.4, -0.2) is 211 Å². The number of likely N-dealkylation sites (tertiary alicyclic amines) is 4. The SMILES string of the molecule is CC(C)OCCOC1CCN(C(C)C)CC1.CC(C)OCCOC1CCN(C(C)C)CC1N.CC(C)OCCOC1CN(C(C)C)CC1N.COCCOC1CN(C(C)C)C1. The third kappa shape index (κ3) is 27.5. The third-order valence-corrected chi connectivity index (χ3v) is 11.5. The lowest BCUT2D eigenvalue weighted by molar-refractivity contribution is -0.0771. The van der Waals surface area contributed by atoms with Crippen molar-refractivity contribution in [2.75, 3.05) is 112 Å². The number of methoxy groups -OCH3 is 1. The van der Waals surface area contributed by atoms with Gasteiger partial charge in [-0.05, 0) is 116 Å². The van der Waals surface area contributed by atoms with E-state index in [0.717, 1.165) is 65.5 Å². The predicted molar refractivity (Wildman–Crippen MR) is 251 cm³/mol. The van der Waals surface area contributed by atoms with Crippen molar-refractivity contribution in [3.63, 3.8) is 0 Å². The Balaban J connectivity index is 0.000000409. The first-order valence-corrected chi connectivity index (χ1v) is 24.1. The van der Waals surface area contributed by atoms with E-state index in [1.165, 1.54) is 25.9 Å². The molecule has 0 saturated carbocycles. The Kier molecular flexibility index (Phi) is 32.4. The van der Waals surface area contributed by atoms with E-state index in [-0.39, 0.29) is 36.5 Å². The summed E-state index contributed by atoms with van der Waals surface area (Å²) in [6, 6.07) is 2.72. The van der Waals surface area contributed by atoms with Crippen molar-refractivity contribution in [2.45, 2.75) is 195 Å². The first-order valence-electron chi connectivity index (χ1n) is 24.1. The minimum absolute atomic E-state index is 0.130. The van der Waals surface area contributed by atoms with E-state index in [0.29, 0.717) is 75.5 Å². The minimum Gasteiger partial charge on any atom is -0.382 e. The van der Waals surface area contributed by atoms with E-state index >= 15 is 0 Å². The number of hydrogen-bond acceptors (Lipinski definition) is 14. The van der Waals surface area contributed by atoms with Crippen LogP contribution >= 0.6 is 0 Å². The van der Waals surface area contributed by atoms with Gasteiger partial charge in [-0.2, -0.15) is 0 Å². The number of nitrogens with zero attached hydrogens (tertiary/aromatic N) is 4. The molecular weight excluding hydrogens is 777 g/mol. The largest absolute Gasteiger partial charge is 0.382 e. The van der Waals surface area contributed by atoms with Crippen LogP contribution in [0.1, 0.15) is 116 Å². The third-order valence-electron chi connectivity index (χ3n) is 11.5. The van der Waals surface area contributed by atoms with Crippen LogP contribution < -0.4 is 11.5 Å².